The molecular formula is C27H39BrN4O2. The minimum absolute atomic E-state index is 0. The van der Waals surface area contributed by atoms with Crippen molar-refractivity contribution >= 4 is 33.4 Å². The van der Waals surface area contributed by atoms with Crippen LogP contribution in [-0.2, 0) is 22.7 Å². The molecule has 186 valence electrons. The fourth-order valence-corrected chi connectivity index (χ4v) is 4.59. The van der Waals surface area contributed by atoms with Crippen LogP contribution in [0.25, 0.3) is 0 Å². The number of anilines is 1. The number of halogens is 1. The molecule has 6 nitrogen and oxygen atoms in total. The highest BCUT2D eigenvalue weighted by atomic mass is 79.9. The number of hydrazine groups is 1. The van der Waals surface area contributed by atoms with Crippen molar-refractivity contribution in [3.8, 4) is 0 Å². The Bertz CT molecular complexity index is 954. The second kappa shape index (κ2) is 12.9. The molecule has 0 unspecified atom stereocenters. The summed E-state index contributed by atoms with van der Waals surface area (Å²) < 4.78 is 0.972. The number of hydrogen-bond donors (Lipinski definition) is 1. The lowest BCUT2D eigenvalue weighted by Gasteiger charge is -2.32. The summed E-state index contributed by atoms with van der Waals surface area (Å²) in [5.41, 5.74) is 4.40. The molecule has 7 heteroatoms. The van der Waals surface area contributed by atoms with Gasteiger partial charge in [-0.15, -0.1) is 0 Å². The minimum Gasteiger partial charge on any atom is -0.355 e. The third-order valence-electron chi connectivity index (χ3n) is 6.05. The second-order valence-electron chi connectivity index (χ2n) is 9.18. The smallest absolute Gasteiger partial charge is 0.256 e. The van der Waals surface area contributed by atoms with Crippen LogP contribution in [-0.4, -0.2) is 48.5 Å². The zero-order valence-corrected chi connectivity index (χ0v) is 21.7. The predicted octanol–water partition coefficient (Wildman–Crippen LogP) is 5.14. The van der Waals surface area contributed by atoms with Crippen LogP contribution in [0.3, 0.4) is 0 Å². The number of nitrogens with one attached hydrogen (secondary N) is 1. The first-order valence-corrected chi connectivity index (χ1v) is 12.4. The molecule has 2 amide bonds. The number of amides is 2. The molecule has 1 aliphatic rings. The summed E-state index contributed by atoms with van der Waals surface area (Å²) in [5.74, 6) is 0.511. The molecule has 2 aromatic rings. The van der Waals surface area contributed by atoms with Gasteiger partial charge >= 0.3 is 0 Å². The van der Waals surface area contributed by atoms with E-state index in [-0.39, 0.29) is 32.3 Å². The first-order valence-electron chi connectivity index (χ1n) is 11.6. The lowest BCUT2D eigenvalue weighted by molar-refractivity contribution is -0.145. The van der Waals surface area contributed by atoms with Gasteiger partial charge in [0.25, 0.3) is 5.91 Å². The molecule has 1 N–H and O–H groups in total. The molecule has 0 radical (unpaired) electrons. The predicted molar refractivity (Wildman–Crippen MR) is 143 cm³/mol. The van der Waals surface area contributed by atoms with Crippen molar-refractivity contribution in [3.63, 3.8) is 0 Å². The van der Waals surface area contributed by atoms with E-state index in [2.05, 4.69) is 47.2 Å². The van der Waals surface area contributed by atoms with Gasteiger partial charge in [0.15, 0.2) is 0 Å². The molecule has 0 atom stereocenters. The second-order valence-corrected chi connectivity index (χ2v) is 10.1. The number of carbonyl (C=O) groups excluding carboxylic acids is 2. The molecule has 3 rings (SSSR count). The van der Waals surface area contributed by atoms with Gasteiger partial charge in [-0.25, -0.2) is 5.01 Å². The lowest BCUT2D eigenvalue weighted by atomic mass is 10.1. The van der Waals surface area contributed by atoms with Gasteiger partial charge in [0.05, 0.1) is 13.1 Å². The van der Waals surface area contributed by atoms with Crippen molar-refractivity contribution in [2.24, 2.45) is 5.92 Å². The van der Waals surface area contributed by atoms with Crippen molar-refractivity contribution in [3.05, 3.63) is 63.6 Å². The Morgan fingerprint density at radius 3 is 2.32 bits per heavy atom. The highest BCUT2D eigenvalue weighted by molar-refractivity contribution is 9.10. The van der Waals surface area contributed by atoms with E-state index in [1.807, 2.05) is 54.2 Å². The number of rotatable bonds is 10. The first-order chi connectivity index (χ1) is 15.7. The largest absolute Gasteiger partial charge is 0.355 e. The maximum atomic E-state index is 13.3. The summed E-state index contributed by atoms with van der Waals surface area (Å²) in [4.78, 5) is 27.8. The van der Waals surface area contributed by atoms with Crippen LogP contribution in [0, 0.1) is 12.8 Å². The van der Waals surface area contributed by atoms with Crippen molar-refractivity contribution in [1.29, 1.82) is 0 Å². The van der Waals surface area contributed by atoms with Crippen molar-refractivity contribution in [2.75, 3.05) is 31.6 Å². The van der Waals surface area contributed by atoms with Crippen LogP contribution in [0.4, 0.5) is 5.69 Å². The molecule has 0 fully saturated rings. The third-order valence-corrected chi connectivity index (χ3v) is 6.54. The lowest BCUT2D eigenvalue weighted by Crippen LogP contribution is -2.48. The van der Waals surface area contributed by atoms with Gasteiger partial charge < -0.3 is 10.2 Å². The van der Waals surface area contributed by atoms with Crippen LogP contribution < -0.4 is 10.2 Å². The van der Waals surface area contributed by atoms with Gasteiger partial charge in [-0.2, -0.15) is 0 Å². The molecule has 2 aromatic carbocycles. The van der Waals surface area contributed by atoms with E-state index in [0.717, 1.165) is 28.6 Å². The number of aryl methyl sites for hydroxylation is 1. The summed E-state index contributed by atoms with van der Waals surface area (Å²) in [6.07, 6.45) is 2.04. The van der Waals surface area contributed by atoms with Gasteiger partial charge in [-0.1, -0.05) is 61.5 Å². The number of carbonyl (C=O) groups is 2. The monoisotopic (exact) mass is 530 g/mol. The maximum absolute atomic E-state index is 13.3. The Morgan fingerprint density at radius 1 is 1.09 bits per heavy atom. The summed E-state index contributed by atoms with van der Waals surface area (Å²) in [6.45, 7) is 8.72. The third kappa shape index (κ3) is 7.57. The average molecular weight is 532 g/mol. The number of fused-ring (bicyclic) bond motifs is 1. The Hall–Kier alpha value is -2.38. The number of hydrogen-bond acceptors (Lipinski definition) is 4. The van der Waals surface area contributed by atoms with Crippen LogP contribution >= 0.6 is 15.9 Å². The van der Waals surface area contributed by atoms with Gasteiger partial charge in [0.1, 0.15) is 0 Å². The SMILES string of the molecule is C.Cc1cc(Br)ccc1N(CC(=O)NCCCC(C)C)CC(=O)N(C)N1Cc2ccccc2C1. The summed E-state index contributed by atoms with van der Waals surface area (Å²) in [7, 11) is 1.81. The van der Waals surface area contributed by atoms with Crippen LogP contribution in [0.15, 0.2) is 46.9 Å². The fraction of sp³-hybridized carbons (Fsp3) is 0.481. The molecule has 34 heavy (non-hydrogen) atoms. The molecular weight excluding hydrogens is 492 g/mol. The van der Waals surface area contributed by atoms with Crippen molar-refractivity contribution in [1.82, 2.24) is 15.3 Å². The molecule has 0 aliphatic carbocycles. The van der Waals surface area contributed by atoms with Crippen molar-refractivity contribution < 1.29 is 9.59 Å². The van der Waals surface area contributed by atoms with Crippen LogP contribution in [0.2, 0.25) is 0 Å². The van der Waals surface area contributed by atoms with E-state index >= 15 is 0 Å². The zero-order valence-electron chi connectivity index (χ0n) is 20.1. The van der Waals surface area contributed by atoms with Gasteiger partial charge in [0.2, 0.25) is 5.91 Å². The summed E-state index contributed by atoms with van der Waals surface area (Å²) in [5, 5.41) is 6.76. The number of nitrogens with zero attached hydrogens (tertiary/aromatic N) is 3. The zero-order chi connectivity index (χ0) is 24.0. The maximum Gasteiger partial charge on any atom is 0.256 e. The van der Waals surface area contributed by atoms with Crippen LogP contribution in [0.1, 0.15) is 50.8 Å². The standard InChI is InChI=1S/C26H35BrN4O2.CH4/c1-19(2)8-7-13-28-25(32)17-30(24-12-11-23(27)14-20(24)3)18-26(33)29(4)31-15-21-9-5-6-10-22(21)16-31;/h5-6,9-12,14,19H,7-8,13,15-18H2,1-4H3,(H,28,32);1H4. The number of benzene rings is 2. The molecule has 1 heterocycles. The highest BCUT2D eigenvalue weighted by Crippen LogP contribution is 2.26. The van der Waals surface area contributed by atoms with Gasteiger partial charge in [-0.3, -0.25) is 14.6 Å². The van der Waals surface area contributed by atoms with Gasteiger partial charge in [0, 0.05) is 36.8 Å². The Morgan fingerprint density at radius 2 is 1.74 bits per heavy atom. The summed E-state index contributed by atoms with van der Waals surface area (Å²) >= 11 is 3.50. The molecule has 0 saturated carbocycles. The number of likely N-dealkylation sites (N-methyl/N-ethyl adjacent to an activating group) is 1. The van der Waals surface area contributed by atoms with E-state index in [9.17, 15) is 9.59 Å². The molecule has 0 spiro atoms. The minimum atomic E-state index is -0.0647. The van der Waals surface area contributed by atoms with E-state index in [0.29, 0.717) is 25.6 Å². The Balaban J connectivity index is 0.00000408. The topological polar surface area (TPSA) is 55.9 Å². The highest BCUT2D eigenvalue weighted by Gasteiger charge is 2.26. The first kappa shape index (κ1) is 27.9. The van der Waals surface area contributed by atoms with E-state index in [1.165, 1.54) is 11.1 Å². The molecule has 0 saturated heterocycles. The van der Waals surface area contributed by atoms with E-state index in [1.54, 1.807) is 5.01 Å². The fourth-order valence-electron chi connectivity index (χ4n) is 4.12. The summed E-state index contributed by atoms with van der Waals surface area (Å²) in [6, 6.07) is 14.2. The quantitative estimate of drug-likeness (QED) is 0.432. The van der Waals surface area contributed by atoms with Crippen molar-refractivity contribution in [2.45, 2.75) is 54.1 Å². The molecule has 1 aliphatic heterocycles. The average Bonchev–Trinajstić information content (AvgIpc) is 3.20. The Labute approximate surface area is 213 Å². The van der Waals surface area contributed by atoms with E-state index in [4.69, 9.17) is 0 Å². The molecule has 0 bridgehead atoms. The molecule has 0 aromatic heterocycles. The van der Waals surface area contributed by atoms with E-state index < -0.39 is 0 Å². The van der Waals surface area contributed by atoms with Crippen LogP contribution in [0.5, 0.6) is 0 Å². The normalized spacial score (nSPS) is 12.8. The Kier molecular flexibility index (Phi) is 10.6. The van der Waals surface area contributed by atoms with Gasteiger partial charge in [-0.05, 0) is 60.6 Å².